The normalized spacial score (nSPS) is 19.1. The Labute approximate surface area is 147 Å². The standard InChI is InChI=1S/C21H23NO3/c1-21(12-6-9-15-7-3-5-11-18(15)21)14-22-19(23)13-16-8-2-4-10-17(16)20(24)25/h2-5,7-8,10-11H,6,9,12-14H2,1H3,(H,22,23)(H,24,25). The van der Waals surface area contributed by atoms with Gasteiger partial charge in [0, 0.05) is 12.0 Å². The minimum atomic E-state index is -1.00. The van der Waals surface area contributed by atoms with Gasteiger partial charge in [0.05, 0.1) is 12.0 Å². The molecule has 3 rings (SSSR count). The molecular formula is C21H23NO3. The third-order valence-corrected chi connectivity index (χ3v) is 5.12. The van der Waals surface area contributed by atoms with E-state index < -0.39 is 5.97 Å². The molecule has 0 saturated carbocycles. The van der Waals surface area contributed by atoms with E-state index in [9.17, 15) is 14.7 Å². The third kappa shape index (κ3) is 3.73. The Kier molecular flexibility index (Phi) is 4.88. The van der Waals surface area contributed by atoms with Crippen LogP contribution in [0.3, 0.4) is 0 Å². The van der Waals surface area contributed by atoms with E-state index in [2.05, 4.69) is 30.4 Å². The van der Waals surface area contributed by atoms with Crippen LogP contribution in [0.4, 0.5) is 0 Å². The van der Waals surface area contributed by atoms with Gasteiger partial charge >= 0.3 is 5.97 Å². The van der Waals surface area contributed by atoms with E-state index in [-0.39, 0.29) is 23.3 Å². The van der Waals surface area contributed by atoms with Gasteiger partial charge in [0.2, 0.25) is 5.91 Å². The summed E-state index contributed by atoms with van der Waals surface area (Å²) in [7, 11) is 0. The molecule has 2 aromatic carbocycles. The van der Waals surface area contributed by atoms with Crippen LogP contribution in [0.1, 0.15) is 46.8 Å². The zero-order chi connectivity index (χ0) is 17.9. The fourth-order valence-corrected chi connectivity index (χ4v) is 3.73. The lowest BCUT2D eigenvalue weighted by Crippen LogP contribution is -2.41. The summed E-state index contributed by atoms with van der Waals surface area (Å²) in [6.45, 7) is 2.76. The number of hydrogen-bond acceptors (Lipinski definition) is 2. The maximum absolute atomic E-state index is 12.4. The summed E-state index contributed by atoms with van der Waals surface area (Å²) in [6, 6.07) is 15.1. The molecule has 1 aliphatic carbocycles. The average molecular weight is 337 g/mol. The van der Waals surface area contributed by atoms with Gasteiger partial charge in [-0.25, -0.2) is 4.79 Å². The lowest BCUT2D eigenvalue weighted by atomic mass is 9.71. The SMILES string of the molecule is CC1(CNC(=O)Cc2ccccc2C(=O)O)CCCc2ccccc21. The number of hydrogen-bond donors (Lipinski definition) is 2. The first-order valence-corrected chi connectivity index (χ1v) is 8.66. The van der Waals surface area contributed by atoms with Gasteiger partial charge in [-0.1, -0.05) is 49.4 Å². The van der Waals surface area contributed by atoms with Crippen LogP contribution in [-0.2, 0) is 23.1 Å². The first kappa shape index (κ1) is 17.2. The Balaban J connectivity index is 1.68. The van der Waals surface area contributed by atoms with Crippen molar-refractivity contribution in [1.82, 2.24) is 5.32 Å². The molecule has 0 spiro atoms. The largest absolute Gasteiger partial charge is 0.478 e. The van der Waals surface area contributed by atoms with E-state index >= 15 is 0 Å². The van der Waals surface area contributed by atoms with Crippen molar-refractivity contribution in [2.24, 2.45) is 0 Å². The minimum Gasteiger partial charge on any atom is -0.478 e. The van der Waals surface area contributed by atoms with Crippen molar-refractivity contribution in [1.29, 1.82) is 0 Å². The number of carboxylic acid groups (broad SMARTS) is 1. The minimum absolute atomic E-state index is 0.0726. The summed E-state index contributed by atoms with van der Waals surface area (Å²) in [5, 5.41) is 12.2. The third-order valence-electron chi connectivity index (χ3n) is 5.12. The number of nitrogens with one attached hydrogen (secondary N) is 1. The number of rotatable bonds is 5. The highest BCUT2D eigenvalue weighted by Gasteiger charge is 2.32. The maximum Gasteiger partial charge on any atom is 0.335 e. The first-order valence-electron chi connectivity index (χ1n) is 8.66. The summed E-state index contributed by atoms with van der Waals surface area (Å²) < 4.78 is 0. The fraction of sp³-hybridized carbons (Fsp3) is 0.333. The Morgan fingerprint density at radius 2 is 1.84 bits per heavy atom. The van der Waals surface area contributed by atoms with Gasteiger partial charge in [-0.2, -0.15) is 0 Å². The summed E-state index contributed by atoms with van der Waals surface area (Å²) >= 11 is 0. The fourth-order valence-electron chi connectivity index (χ4n) is 3.73. The van der Waals surface area contributed by atoms with Crippen molar-refractivity contribution in [3.63, 3.8) is 0 Å². The molecule has 2 aromatic rings. The lowest BCUT2D eigenvalue weighted by Gasteiger charge is -2.36. The molecule has 1 atom stereocenters. The molecule has 0 aliphatic heterocycles. The van der Waals surface area contributed by atoms with Gasteiger partial charge in [-0.15, -0.1) is 0 Å². The number of carbonyl (C=O) groups excluding carboxylic acids is 1. The van der Waals surface area contributed by atoms with Crippen molar-refractivity contribution in [3.8, 4) is 0 Å². The molecule has 4 nitrogen and oxygen atoms in total. The van der Waals surface area contributed by atoms with Gasteiger partial charge < -0.3 is 10.4 Å². The van der Waals surface area contributed by atoms with E-state index in [1.54, 1.807) is 18.2 Å². The molecule has 2 N–H and O–H groups in total. The molecule has 0 radical (unpaired) electrons. The molecule has 1 unspecified atom stereocenters. The predicted molar refractivity (Wildman–Crippen MR) is 96.8 cm³/mol. The molecule has 0 aromatic heterocycles. The van der Waals surface area contributed by atoms with Crippen molar-refractivity contribution >= 4 is 11.9 Å². The summed E-state index contributed by atoms with van der Waals surface area (Å²) in [4.78, 5) is 23.6. The number of aromatic carboxylic acids is 1. The molecule has 0 bridgehead atoms. The highest BCUT2D eigenvalue weighted by atomic mass is 16.4. The molecule has 1 aliphatic rings. The van der Waals surface area contributed by atoms with Gasteiger partial charge in [0.25, 0.3) is 0 Å². The average Bonchev–Trinajstić information content (AvgIpc) is 2.61. The van der Waals surface area contributed by atoms with Crippen LogP contribution in [0.15, 0.2) is 48.5 Å². The molecular weight excluding hydrogens is 314 g/mol. The second kappa shape index (κ2) is 7.09. The number of carbonyl (C=O) groups is 2. The topological polar surface area (TPSA) is 66.4 Å². The van der Waals surface area contributed by atoms with Crippen LogP contribution in [-0.4, -0.2) is 23.5 Å². The second-order valence-electron chi connectivity index (χ2n) is 6.99. The van der Waals surface area contributed by atoms with Gasteiger partial charge in [0.15, 0.2) is 0 Å². The predicted octanol–water partition coefficient (Wildman–Crippen LogP) is 3.34. The first-order chi connectivity index (χ1) is 12.0. The lowest BCUT2D eigenvalue weighted by molar-refractivity contribution is -0.120. The molecule has 1 amide bonds. The summed E-state index contributed by atoms with van der Waals surface area (Å²) in [5.41, 5.74) is 3.33. The molecule has 25 heavy (non-hydrogen) atoms. The van der Waals surface area contributed by atoms with E-state index in [1.807, 2.05) is 6.07 Å². The number of carboxylic acids is 1. The Bertz CT molecular complexity index is 799. The van der Waals surface area contributed by atoms with Crippen molar-refractivity contribution in [3.05, 3.63) is 70.8 Å². The van der Waals surface area contributed by atoms with Gasteiger partial charge in [-0.05, 0) is 42.0 Å². The van der Waals surface area contributed by atoms with E-state index in [4.69, 9.17) is 0 Å². The number of fused-ring (bicyclic) bond motifs is 1. The summed E-state index contributed by atoms with van der Waals surface area (Å²) in [6.07, 6.45) is 3.33. The van der Waals surface area contributed by atoms with E-state index in [1.165, 1.54) is 17.2 Å². The molecule has 0 saturated heterocycles. The van der Waals surface area contributed by atoms with Crippen molar-refractivity contribution in [2.75, 3.05) is 6.54 Å². The van der Waals surface area contributed by atoms with Crippen molar-refractivity contribution < 1.29 is 14.7 Å². The number of aryl methyl sites for hydroxylation is 1. The van der Waals surface area contributed by atoms with Crippen LogP contribution in [0, 0.1) is 0 Å². The van der Waals surface area contributed by atoms with Crippen LogP contribution < -0.4 is 5.32 Å². The Hall–Kier alpha value is -2.62. The van der Waals surface area contributed by atoms with Crippen LogP contribution in [0.25, 0.3) is 0 Å². The molecule has 130 valence electrons. The maximum atomic E-state index is 12.4. The zero-order valence-corrected chi connectivity index (χ0v) is 14.4. The molecule has 0 fully saturated rings. The van der Waals surface area contributed by atoms with E-state index in [0.29, 0.717) is 12.1 Å². The van der Waals surface area contributed by atoms with Crippen molar-refractivity contribution in [2.45, 2.75) is 38.0 Å². The van der Waals surface area contributed by atoms with Gasteiger partial charge in [0.1, 0.15) is 0 Å². The Morgan fingerprint density at radius 3 is 2.64 bits per heavy atom. The zero-order valence-electron chi connectivity index (χ0n) is 14.4. The quantitative estimate of drug-likeness (QED) is 0.879. The Morgan fingerprint density at radius 1 is 1.12 bits per heavy atom. The molecule has 4 heteroatoms. The highest BCUT2D eigenvalue weighted by molar-refractivity contribution is 5.91. The second-order valence-corrected chi connectivity index (χ2v) is 6.99. The number of amides is 1. The number of benzene rings is 2. The van der Waals surface area contributed by atoms with Crippen LogP contribution in [0.2, 0.25) is 0 Å². The smallest absolute Gasteiger partial charge is 0.335 e. The van der Waals surface area contributed by atoms with Crippen LogP contribution >= 0.6 is 0 Å². The van der Waals surface area contributed by atoms with Crippen LogP contribution in [0.5, 0.6) is 0 Å². The molecule has 0 heterocycles. The van der Waals surface area contributed by atoms with Gasteiger partial charge in [-0.3, -0.25) is 4.79 Å². The monoisotopic (exact) mass is 337 g/mol. The highest BCUT2D eigenvalue weighted by Crippen LogP contribution is 2.36. The summed E-state index contributed by atoms with van der Waals surface area (Å²) in [5.74, 6) is -1.14. The van der Waals surface area contributed by atoms with E-state index in [0.717, 1.165) is 19.3 Å².